The van der Waals surface area contributed by atoms with Gasteiger partial charge in [0.05, 0.1) is 12.2 Å². The van der Waals surface area contributed by atoms with Crippen LogP contribution in [0, 0.1) is 0 Å². The van der Waals surface area contributed by atoms with E-state index in [2.05, 4.69) is 40.7 Å². The van der Waals surface area contributed by atoms with Crippen LogP contribution in [0.15, 0.2) is 18.3 Å². The van der Waals surface area contributed by atoms with E-state index in [9.17, 15) is 4.79 Å². The molecule has 0 aliphatic heterocycles. The molecule has 114 valence electrons. The lowest BCUT2D eigenvalue weighted by atomic mass is 10.2. The minimum Gasteiger partial charge on any atom is -0.359 e. The van der Waals surface area contributed by atoms with Crippen LogP contribution in [0.5, 0.6) is 0 Å². The van der Waals surface area contributed by atoms with E-state index in [1.165, 1.54) is 5.56 Å². The fraction of sp³-hybridized carbons (Fsp3) is 0.467. The Balaban J connectivity index is 2.33. The van der Waals surface area contributed by atoms with Crippen LogP contribution in [-0.4, -0.2) is 27.0 Å². The number of carbonyl (C=O) groups is 1. The fourth-order valence-corrected chi connectivity index (χ4v) is 2.29. The summed E-state index contributed by atoms with van der Waals surface area (Å²) in [6.07, 6.45) is 6.04. The van der Waals surface area contributed by atoms with E-state index in [-0.39, 0.29) is 6.54 Å². The number of hydroxylamine groups is 1. The quantitative estimate of drug-likeness (QED) is 0.539. The van der Waals surface area contributed by atoms with Gasteiger partial charge in [-0.2, -0.15) is 0 Å². The first-order chi connectivity index (χ1) is 10.2. The van der Waals surface area contributed by atoms with E-state index in [0.29, 0.717) is 5.82 Å². The molecule has 2 heterocycles. The van der Waals surface area contributed by atoms with Gasteiger partial charge < -0.3 is 9.72 Å². The number of fused-ring (bicyclic) bond motifs is 1. The maximum atomic E-state index is 11.2. The Morgan fingerprint density at radius 1 is 1.43 bits per heavy atom. The van der Waals surface area contributed by atoms with Gasteiger partial charge in [0.1, 0.15) is 11.5 Å². The molecule has 0 saturated heterocycles. The van der Waals surface area contributed by atoms with Crippen LogP contribution in [-0.2, 0) is 17.6 Å². The third-order valence-electron chi connectivity index (χ3n) is 3.51. The number of nitrogens with zero attached hydrogens (tertiary/aromatic N) is 2. The molecule has 0 atom stereocenters. The number of hydrogen-bond donors (Lipinski definition) is 3. The summed E-state index contributed by atoms with van der Waals surface area (Å²) in [5.74, 6) is 0.225. The monoisotopic (exact) mass is 290 g/mol. The van der Waals surface area contributed by atoms with Crippen molar-refractivity contribution in [3.05, 3.63) is 29.6 Å². The molecule has 2 aromatic heterocycles. The van der Waals surface area contributed by atoms with Crippen molar-refractivity contribution < 1.29 is 10.0 Å². The molecule has 0 spiro atoms. The maximum Gasteiger partial charge on any atom is 0.262 e. The molecular formula is C15H22N4O2. The molecule has 2 aromatic rings. The van der Waals surface area contributed by atoms with Crippen molar-refractivity contribution in [3.8, 4) is 0 Å². The summed E-state index contributed by atoms with van der Waals surface area (Å²) in [7, 11) is 0. The number of nitrogens with one attached hydrogen (secondary N) is 2. The van der Waals surface area contributed by atoms with Crippen LogP contribution in [0.2, 0.25) is 0 Å². The van der Waals surface area contributed by atoms with Crippen molar-refractivity contribution in [3.63, 3.8) is 0 Å². The summed E-state index contributed by atoms with van der Waals surface area (Å²) in [5, 5.41) is 11.6. The second-order valence-electron chi connectivity index (χ2n) is 5.02. The van der Waals surface area contributed by atoms with E-state index in [4.69, 9.17) is 5.21 Å². The lowest BCUT2D eigenvalue weighted by Gasteiger charge is -2.06. The largest absolute Gasteiger partial charge is 0.359 e. The highest BCUT2D eigenvalue weighted by Crippen LogP contribution is 2.21. The van der Waals surface area contributed by atoms with Gasteiger partial charge in [-0.3, -0.25) is 10.0 Å². The summed E-state index contributed by atoms with van der Waals surface area (Å²) in [6.45, 7) is 4.25. The van der Waals surface area contributed by atoms with Gasteiger partial charge in [0, 0.05) is 6.20 Å². The van der Waals surface area contributed by atoms with Gasteiger partial charge in [-0.15, -0.1) is 0 Å². The molecular weight excluding hydrogens is 268 g/mol. The highest BCUT2D eigenvalue weighted by Gasteiger charge is 2.12. The van der Waals surface area contributed by atoms with Crippen LogP contribution in [0.1, 0.15) is 37.9 Å². The van der Waals surface area contributed by atoms with Crippen molar-refractivity contribution >= 4 is 17.4 Å². The van der Waals surface area contributed by atoms with Crippen molar-refractivity contribution in [1.29, 1.82) is 0 Å². The molecule has 0 radical (unpaired) electrons. The van der Waals surface area contributed by atoms with Crippen molar-refractivity contribution in [1.82, 2.24) is 14.9 Å². The Hall–Kier alpha value is -2.08. The smallest absolute Gasteiger partial charge is 0.262 e. The topological polar surface area (TPSA) is 78.7 Å². The molecule has 3 N–H and O–H groups in total. The van der Waals surface area contributed by atoms with Crippen LogP contribution in [0.25, 0.3) is 5.65 Å². The Bertz CT molecular complexity index is 621. The van der Waals surface area contributed by atoms with E-state index in [1.807, 2.05) is 6.20 Å². The lowest BCUT2D eigenvalue weighted by Crippen LogP contribution is -2.27. The number of unbranched alkanes of at least 4 members (excludes halogenated alkanes) is 1. The second kappa shape index (κ2) is 7.08. The van der Waals surface area contributed by atoms with Crippen LogP contribution in [0.4, 0.5) is 5.82 Å². The number of aromatic nitrogens is 2. The Morgan fingerprint density at radius 3 is 2.90 bits per heavy atom. The van der Waals surface area contributed by atoms with E-state index in [1.54, 1.807) is 5.48 Å². The summed E-state index contributed by atoms with van der Waals surface area (Å²) in [5.41, 5.74) is 4.80. The van der Waals surface area contributed by atoms with Crippen LogP contribution < -0.4 is 10.8 Å². The molecule has 6 nitrogen and oxygen atoms in total. The zero-order valence-electron chi connectivity index (χ0n) is 12.5. The number of amides is 1. The number of imidazole rings is 1. The molecule has 21 heavy (non-hydrogen) atoms. The third kappa shape index (κ3) is 3.52. The molecule has 1 amide bonds. The van der Waals surface area contributed by atoms with Crippen LogP contribution in [0.3, 0.4) is 0 Å². The molecule has 0 aromatic carbocycles. The number of anilines is 1. The molecule has 0 fully saturated rings. The Kier molecular flexibility index (Phi) is 5.16. The van der Waals surface area contributed by atoms with Crippen molar-refractivity contribution in [2.45, 2.75) is 39.5 Å². The van der Waals surface area contributed by atoms with Gasteiger partial charge in [-0.1, -0.05) is 20.3 Å². The van der Waals surface area contributed by atoms with Gasteiger partial charge >= 0.3 is 0 Å². The Labute approximate surface area is 124 Å². The molecule has 0 unspecified atom stereocenters. The van der Waals surface area contributed by atoms with E-state index < -0.39 is 5.91 Å². The number of aryl methyl sites for hydroxylation is 2. The molecule has 0 saturated carbocycles. The minimum atomic E-state index is -0.484. The zero-order chi connectivity index (χ0) is 15.2. The number of carbonyl (C=O) groups excluding carboxylic acids is 1. The lowest BCUT2D eigenvalue weighted by molar-refractivity contribution is -0.127. The minimum absolute atomic E-state index is 0.000141. The van der Waals surface area contributed by atoms with Gasteiger partial charge in [-0.05, 0) is 37.0 Å². The van der Waals surface area contributed by atoms with Crippen molar-refractivity contribution in [2.24, 2.45) is 0 Å². The summed E-state index contributed by atoms with van der Waals surface area (Å²) < 4.78 is 2.06. The molecule has 0 aliphatic rings. The van der Waals surface area contributed by atoms with Gasteiger partial charge in [0.25, 0.3) is 5.91 Å². The molecule has 2 rings (SSSR count). The summed E-state index contributed by atoms with van der Waals surface area (Å²) >= 11 is 0. The number of rotatable bonds is 7. The average molecular weight is 290 g/mol. The van der Waals surface area contributed by atoms with Gasteiger partial charge in [0.2, 0.25) is 0 Å². The average Bonchev–Trinajstić information content (AvgIpc) is 2.86. The zero-order valence-corrected chi connectivity index (χ0v) is 12.5. The van der Waals surface area contributed by atoms with Gasteiger partial charge in [-0.25, -0.2) is 10.5 Å². The van der Waals surface area contributed by atoms with E-state index in [0.717, 1.165) is 37.0 Å². The predicted octanol–water partition coefficient (Wildman–Crippen LogP) is 2.16. The predicted molar refractivity (Wildman–Crippen MR) is 81.6 cm³/mol. The van der Waals surface area contributed by atoms with Gasteiger partial charge in [0.15, 0.2) is 0 Å². The first-order valence-electron chi connectivity index (χ1n) is 7.36. The normalized spacial score (nSPS) is 10.8. The summed E-state index contributed by atoms with van der Waals surface area (Å²) in [4.78, 5) is 15.7. The number of hydrogen-bond acceptors (Lipinski definition) is 4. The summed E-state index contributed by atoms with van der Waals surface area (Å²) in [6, 6.07) is 4.15. The molecule has 0 bridgehead atoms. The first-order valence-corrected chi connectivity index (χ1v) is 7.36. The van der Waals surface area contributed by atoms with Crippen molar-refractivity contribution in [2.75, 3.05) is 11.9 Å². The number of pyridine rings is 1. The third-order valence-corrected chi connectivity index (χ3v) is 3.51. The fourth-order valence-electron chi connectivity index (χ4n) is 2.29. The molecule has 6 heteroatoms. The van der Waals surface area contributed by atoms with Crippen LogP contribution >= 0.6 is 0 Å². The highest BCUT2D eigenvalue weighted by molar-refractivity contribution is 5.79. The van der Waals surface area contributed by atoms with E-state index >= 15 is 0 Å². The SMILES string of the molecule is CCCCc1c(NCC(=O)NO)nc2cc(CC)ccn12. The Morgan fingerprint density at radius 2 is 2.24 bits per heavy atom. The molecule has 0 aliphatic carbocycles. The maximum absolute atomic E-state index is 11.2. The standard InChI is InChI=1S/C15H22N4O2/c1-3-5-6-12-15(16-10-14(20)18-21)17-13-9-11(4-2)7-8-19(12)13/h7-9,16,21H,3-6,10H2,1-2H3,(H,18,20). The first kappa shape index (κ1) is 15.3. The highest BCUT2D eigenvalue weighted by atomic mass is 16.5. The second-order valence-corrected chi connectivity index (χ2v) is 5.02.